The summed E-state index contributed by atoms with van der Waals surface area (Å²) in [5.41, 5.74) is 6.86. The molecule has 0 bridgehead atoms. The van der Waals surface area contributed by atoms with Crippen LogP contribution < -0.4 is 10.0 Å². The summed E-state index contributed by atoms with van der Waals surface area (Å²) in [6, 6.07) is 6.91. The highest BCUT2D eigenvalue weighted by Crippen LogP contribution is 2.22. The van der Waals surface area contributed by atoms with Crippen molar-refractivity contribution in [2.75, 3.05) is 29.7 Å². The van der Waals surface area contributed by atoms with Crippen LogP contribution in [0.2, 0.25) is 0 Å². The third-order valence-electron chi connectivity index (χ3n) is 2.76. The summed E-state index contributed by atoms with van der Waals surface area (Å²) >= 11 is 0. The maximum absolute atomic E-state index is 12.4. The van der Waals surface area contributed by atoms with Crippen molar-refractivity contribution in [3.8, 4) is 0 Å². The quantitative estimate of drug-likeness (QED) is 0.801. The van der Waals surface area contributed by atoms with Crippen molar-refractivity contribution in [2.24, 2.45) is 0 Å². The molecule has 6 heteroatoms. The smallest absolute Gasteiger partial charge is 0.304 e. The summed E-state index contributed by atoms with van der Waals surface area (Å²) in [6.07, 6.45) is 0. The Morgan fingerprint density at radius 2 is 1.72 bits per heavy atom. The number of hydrogen-bond donors (Lipinski definition) is 1. The normalized spacial score (nSPS) is 11.8. The minimum atomic E-state index is -3.47. The number of nitrogens with zero attached hydrogens (tertiary/aromatic N) is 2. The molecule has 0 amide bonds. The van der Waals surface area contributed by atoms with Gasteiger partial charge in [0.2, 0.25) is 0 Å². The van der Waals surface area contributed by atoms with E-state index >= 15 is 0 Å². The molecule has 0 saturated heterocycles. The fourth-order valence-electron chi connectivity index (χ4n) is 1.85. The maximum Gasteiger partial charge on any atom is 0.304 e. The maximum atomic E-state index is 12.4. The van der Waals surface area contributed by atoms with Gasteiger partial charge in [0.15, 0.2) is 0 Å². The van der Waals surface area contributed by atoms with Gasteiger partial charge in [-0.15, -0.1) is 0 Å². The molecule has 0 unspecified atom stereocenters. The summed E-state index contributed by atoms with van der Waals surface area (Å²) < 4.78 is 27.7. The second-order valence-corrected chi connectivity index (χ2v) is 5.70. The van der Waals surface area contributed by atoms with Gasteiger partial charge in [0.05, 0.1) is 5.69 Å². The summed E-state index contributed by atoms with van der Waals surface area (Å²) in [7, 11) is -3.47. The van der Waals surface area contributed by atoms with Gasteiger partial charge in [-0.25, -0.2) is 0 Å². The highest BCUT2D eigenvalue weighted by Gasteiger charge is 2.26. The second kappa shape index (κ2) is 6.06. The molecule has 0 heterocycles. The largest absolute Gasteiger partial charge is 0.399 e. The topological polar surface area (TPSA) is 66.6 Å². The number of benzene rings is 1. The Morgan fingerprint density at radius 3 is 2.17 bits per heavy atom. The van der Waals surface area contributed by atoms with Crippen molar-refractivity contribution in [3.63, 3.8) is 0 Å². The number of anilines is 2. The minimum absolute atomic E-state index is 0.377. The van der Waals surface area contributed by atoms with Crippen LogP contribution in [0.5, 0.6) is 0 Å². The third-order valence-corrected chi connectivity index (χ3v) is 4.95. The van der Waals surface area contributed by atoms with E-state index in [1.54, 1.807) is 24.3 Å². The van der Waals surface area contributed by atoms with E-state index in [1.807, 2.05) is 20.8 Å². The predicted octanol–water partition coefficient (Wildman–Crippen LogP) is 1.68. The van der Waals surface area contributed by atoms with Crippen LogP contribution in [-0.2, 0) is 10.2 Å². The fraction of sp³-hybridized carbons (Fsp3) is 0.500. The van der Waals surface area contributed by atoms with Gasteiger partial charge < -0.3 is 5.73 Å². The summed E-state index contributed by atoms with van der Waals surface area (Å²) in [4.78, 5) is 0. The molecule has 2 N–H and O–H groups in total. The number of nitrogen functional groups attached to an aromatic ring is 1. The Kier molecular flexibility index (Phi) is 4.98. The molecule has 0 radical (unpaired) electrons. The van der Waals surface area contributed by atoms with E-state index in [0.717, 1.165) is 0 Å². The van der Waals surface area contributed by atoms with Crippen LogP contribution in [-0.4, -0.2) is 32.4 Å². The lowest BCUT2D eigenvalue weighted by atomic mass is 10.3. The van der Waals surface area contributed by atoms with Gasteiger partial charge >= 0.3 is 10.2 Å². The molecule has 0 atom stereocenters. The first kappa shape index (κ1) is 14.8. The molecule has 1 aromatic carbocycles. The van der Waals surface area contributed by atoms with Crippen LogP contribution in [0.1, 0.15) is 20.8 Å². The summed E-state index contributed by atoms with van der Waals surface area (Å²) in [5, 5.41) is 0. The van der Waals surface area contributed by atoms with E-state index in [-0.39, 0.29) is 0 Å². The molecule has 1 rings (SSSR count). The van der Waals surface area contributed by atoms with Gasteiger partial charge in [0, 0.05) is 25.3 Å². The number of rotatable bonds is 6. The Morgan fingerprint density at radius 1 is 1.11 bits per heavy atom. The molecule has 0 aromatic heterocycles. The summed E-state index contributed by atoms with van der Waals surface area (Å²) in [6.45, 7) is 6.75. The lowest BCUT2D eigenvalue weighted by molar-refractivity contribution is 0.442. The van der Waals surface area contributed by atoms with Crippen LogP contribution >= 0.6 is 0 Å². The molecular formula is C12H21N3O2S. The van der Waals surface area contributed by atoms with Crippen molar-refractivity contribution in [1.82, 2.24) is 4.31 Å². The molecule has 0 aliphatic carbocycles. The first-order valence-electron chi connectivity index (χ1n) is 6.10. The standard InChI is InChI=1S/C12H21N3O2S/c1-4-14(5-2)18(16,17)15(6-3)12-9-7-8-11(13)10-12/h7-10H,4-6,13H2,1-3H3. The molecule has 18 heavy (non-hydrogen) atoms. The van der Waals surface area contributed by atoms with Gasteiger partial charge in [0.25, 0.3) is 0 Å². The first-order chi connectivity index (χ1) is 8.47. The van der Waals surface area contributed by atoms with E-state index in [9.17, 15) is 8.42 Å². The van der Waals surface area contributed by atoms with Gasteiger partial charge in [-0.1, -0.05) is 19.9 Å². The molecule has 0 aliphatic heterocycles. The Bertz CT molecular complexity index is 484. The zero-order valence-electron chi connectivity index (χ0n) is 11.1. The van der Waals surface area contributed by atoms with E-state index in [2.05, 4.69) is 0 Å². The monoisotopic (exact) mass is 271 g/mol. The van der Waals surface area contributed by atoms with Gasteiger partial charge in [0.1, 0.15) is 0 Å². The van der Waals surface area contributed by atoms with Gasteiger partial charge in [-0.05, 0) is 25.1 Å². The van der Waals surface area contributed by atoms with Crippen LogP contribution in [0, 0.1) is 0 Å². The molecule has 0 saturated carbocycles. The van der Waals surface area contributed by atoms with Gasteiger partial charge in [-0.2, -0.15) is 12.7 Å². The Labute approximate surface area is 109 Å². The molecule has 5 nitrogen and oxygen atoms in total. The van der Waals surface area contributed by atoms with Crippen molar-refractivity contribution >= 4 is 21.6 Å². The molecular weight excluding hydrogens is 250 g/mol. The SMILES string of the molecule is CCN(CC)S(=O)(=O)N(CC)c1cccc(N)c1. The molecule has 0 spiro atoms. The van der Waals surface area contributed by atoms with E-state index in [4.69, 9.17) is 5.73 Å². The highest BCUT2D eigenvalue weighted by molar-refractivity contribution is 7.90. The van der Waals surface area contributed by atoms with Crippen LogP contribution in [0.15, 0.2) is 24.3 Å². The van der Waals surface area contributed by atoms with Crippen LogP contribution in [0.4, 0.5) is 11.4 Å². The van der Waals surface area contributed by atoms with Crippen LogP contribution in [0.25, 0.3) is 0 Å². The van der Waals surface area contributed by atoms with Gasteiger partial charge in [-0.3, -0.25) is 4.31 Å². The Hall–Kier alpha value is -1.27. The van der Waals surface area contributed by atoms with Crippen molar-refractivity contribution < 1.29 is 8.42 Å². The average molecular weight is 271 g/mol. The average Bonchev–Trinajstić information content (AvgIpc) is 2.30. The minimum Gasteiger partial charge on any atom is -0.399 e. The molecule has 102 valence electrons. The lowest BCUT2D eigenvalue weighted by Gasteiger charge is -2.29. The van der Waals surface area contributed by atoms with Crippen LogP contribution in [0.3, 0.4) is 0 Å². The van der Waals surface area contributed by atoms with Crippen molar-refractivity contribution in [2.45, 2.75) is 20.8 Å². The van der Waals surface area contributed by atoms with E-state index in [0.29, 0.717) is 31.0 Å². The Balaban J connectivity index is 3.18. The fourth-order valence-corrected chi connectivity index (χ4v) is 3.49. The zero-order valence-corrected chi connectivity index (χ0v) is 11.9. The van der Waals surface area contributed by atoms with Crippen molar-refractivity contribution in [3.05, 3.63) is 24.3 Å². The third kappa shape index (κ3) is 2.94. The molecule has 1 aromatic rings. The zero-order chi connectivity index (χ0) is 13.8. The summed E-state index contributed by atoms with van der Waals surface area (Å²) in [5.74, 6) is 0. The molecule has 0 aliphatic rings. The predicted molar refractivity (Wildman–Crippen MR) is 75.7 cm³/mol. The van der Waals surface area contributed by atoms with Crippen molar-refractivity contribution in [1.29, 1.82) is 0 Å². The van der Waals surface area contributed by atoms with E-state index < -0.39 is 10.2 Å². The second-order valence-electron chi connectivity index (χ2n) is 3.85. The molecule has 0 fully saturated rings. The number of nitrogens with two attached hydrogens (primary N) is 1. The van der Waals surface area contributed by atoms with E-state index in [1.165, 1.54) is 8.61 Å². The highest BCUT2D eigenvalue weighted by atomic mass is 32.2. The first-order valence-corrected chi connectivity index (χ1v) is 7.50. The lowest BCUT2D eigenvalue weighted by Crippen LogP contribution is -2.43. The number of hydrogen-bond acceptors (Lipinski definition) is 3.